The van der Waals surface area contributed by atoms with Gasteiger partial charge in [-0.15, -0.1) is 0 Å². The van der Waals surface area contributed by atoms with E-state index in [1.54, 1.807) is 11.7 Å². The summed E-state index contributed by atoms with van der Waals surface area (Å²) in [6.07, 6.45) is 0.260. The van der Waals surface area contributed by atoms with E-state index >= 15 is 0 Å². The number of hydrogen-bond acceptors (Lipinski definition) is 4. The van der Waals surface area contributed by atoms with Crippen LogP contribution in [0.1, 0.15) is 34.0 Å². The molecule has 0 atom stereocenters. The summed E-state index contributed by atoms with van der Waals surface area (Å²) >= 11 is 0. The van der Waals surface area contributed by atoms with Crippen molar-refractivity contribution in [2.75, 3.05) is 26.2 Å². The average molecular weight is 470 g/mol. The standard InChI is InChI=1S/C28H31N5O2/c1-19-23(20(2)29-27-25(19)28(35)30-31(27)3)18-24(34)32-14-16-33(17-15-32)26(21-10-6-4-7-11-21)22-12-8-5-9-13-22/h4-13,26H,14-18H2,1-3H3,(H,30,35). The highest BCUT2D eigenvalue weighted by Crippen LogP contribution is 2.29. The van der Waals surface area contributed by atoms with Crippen LogP contribution in [-0.2, 0) is 18.3 Å². The SMILES string of the molecule is Cc1nc2c(c(C)c1CC(=O)N1CCN(C(c3ccccc3)c3ccccc3)CC1)c(=O)[nH]n2C. The van der Waals surface area contributed by atoms with Gasteiger partial charge in [-0.25, -0.2) is 4.98 Å². The Kier molecular flexibility index (Phi) is 6.26. The Bertz CT molecular complexity index is 1360. The largest absolute Gasteiger partial charge is 0.340 e. The van der Waals surface area contributed by atoms with Crippen LogP contribution in [0.5, 0.6) is 0 Å². The third-order valence-electron chi connectivity index (χ3n) is 7.17. The fraction of sp³-hybridized carbons (Fsp3) is 0.321. The van der Waals surface area contributed by atoms with Crippen LogP contribution in [0.25, 0.3) is 11.0 Å². The number of nitrogens with one attached hydrogen (secondary N) is 1. The van der Waals surface area contributed by atoms with E-state index in [4.69, 9.17) is 0 Å². The van der Waals surface area contributed by atoms with Gasteiger partial charge in [0.05, 0.1) is 17.8 Å². The molecule has 0 radical (unpaired) electrons. The number of aromatic nitrogens is 3. The van der Waals surface area contributed by atoms with Crippen LogP contribution in [0, 0.1) is 13.8 Å². The fourth-order valence-corrected chi connectivity index (χ4v) is 5.29. The number of aromatic amines is 1. The van der Waals surface area contributed by atoms with Gasteiger partial charge in [0.2, 0.25) is 5.91 Å². The van der Waals surface area contributed by atoms with Gasteiger partial charge in [0.1, 0.15) is 0 Å². The second-order valence-electron chi connectivity index (χ2n) is 9.32. The third kappa shape index (κ3) is 4.39. The number of aryl methyl sites for hydroxylation is 3. The van der Waals surface area contributed by atoms with Crippen molar-refractivity contribution >= 4 is 16.9 Å². The summed E-state index contributed by atoms with van der Waals surface area (Å²) in [5.41, 5.74) is 5.48. The van der Waals surface area contributed by atoms with Crippen molar-refractivity contribution in [3.8, 4) is 0 Å². The number of nitrogens with zero attached hydrogens (tertiary/aromatic N) is 4. The van der Waals surface area contributed by atoms with E-state index in [0.717, 1.165) is 29.9 Å². The molecule has 2 aromatic carbocycles. The molecule has 0 unspecified atom stereocenters. The summed E-state index contributed by atoms with van der Waals surface area (Å²) in [6, 6.07) is 21.3. The number of fused-ring (bicyclic) bond motifs is 1. The Morgan fingerprint density at radius 2 is 1.51 bits per heavy atom. The number of carbonyl (C=O) groups is 1. The smallest absolute Gasteiger partial charge is 0.273 e. The molecule has 7 heteroatoms. The first kappa shape index (κ1) is 23.1. The number of benzene rings is 2. The van der Waals surface area contributed by atoms with Crippen molar-refractivity contribution in [3.63, 3.8) is 0 Å². The Morgan fingerprint density at radius 3 is 2.09 bits per heavy atom. The van der Waals surface area contributed by atoms with Gasteiger partial charge in [0.15, 0.2) is 5.65 Å². The molecule has 180 valence electrons. The Morgan fingerprint density at radius 1 is 0.943 bits per heavy atom. The molecule has 35 heavy (non-hydrogen) atoms. The van der Waals surface area contributed by atoms with Crippen molar-refractivity contribution in [2.45, 2.75) is 26.3 Å². The van der Waals surface area contributed by atoms with Gasteiger partial charge < -0.3 is 4.90 Å². The number of piperazine rings is 1. The maximum Gasteiger partial charge on any atom is 0.273 e. The summed E-state index contributed by atoms with van der Waals surface area (Å²) in [7, 11) is 1.78. The monoisotopic (exact) mass is 469 g/mol. The van der Waals surface area contributed by atoms with Gasteiger partial charge in [-0.3, -0.25) is 24.3 Å². The summed E-state index contributed by atoms with van der Waals surface area (Å²) in [4.78, 5) is 34.7. The van der Waals surface area contributed by atoms with Crippen LogP contribution in [0.2, 0.25) is 0 Å². The Hall–Kier alpha value is -3.71. The van der Waals surface area contributed by atoms with Crippen molar-refractivity contribution in [3.05, 3.63) is 99.0 Å². The molecule has 0 bridgehead atoms. The highest BCUT2D eigenvalue weighted by Gasteiger charge is 2.29. The first-order valence-electron chi connectivity index (χ1n) is 12.1. The number of amides is 1. The Labute approximate surface area is 205 Å². The van der Waals surface area contributed by atoms with E-state index in [1.165, 1.54) is 11.1 Å². The Balaban J connectivity index is 1.33. The number of hydrogen-bond donors (Lipinski definition) is 1. The maximum absolute atomic E-state index is 13.3. The summed E-state index contributed by atoms with van der Waals surface area (Å²) in [6.45, 7) is 6.77. The van der Waals surface area contributed by atoms with E-state index < -0.39 is 0 Å². The van der Waals surface area contributed by atoms with E-state index in [9.17, 15) is 9.59 Å². The third-order valence-corrected chi connectivity index (χ3v) is 7.17. The van der Waals surface area contributed by atoms with E-state index in [1.807, 2.05) is 30.9 Å². The molecule has 1 aliphatic rings. The minimum Gasteiger partial charge on any atom is -0.340 e. The lowest BCUT2D eigenvalue weighted by Gasteiger charge is -2.40. The van der Waals surface area contributed by atoms with Crippen molar-refractivity contribution in [1.29, 1.82) is 0 Å². The molecule has 4 aromatic rings. The van der Waals surface area contributed by atoms with Crippen LogP contribution < -0.4 is 5.56 Å². The van der Waals surface area contributed by atoms with Gasteiger partial charge in [0, 0.05) is 38.9 Å². The lowest BCUT2D eigenvalue weighted by atomic mass is 9.96. The lowest BCUT2D eigenvalue weighted by Crippen LogP contribution is -2.50. The van der Waals surface area contributed by atoms with E-state index in [0.29, 0.717) is 24.1 Å². The summed E-state index contributed by atoms with van der Waals surface area (Å²) in [5.74, 6) is 0.0836. The van der Waals surface area contributed by atoms with Gasteiger partial charge in [-0.2, -0.15) is 0 Å². The maximum atomic E-state index is 13.3. The molecule has 5 rings (SSSR count). The van der Waals surface area contributed by atoms with Gasteiger partial charge in [-0.05, 0) is 36.1 Å². The molecular weight excluding hydrogens is 438 g/mol. The van der Waals surface area contributed by atoms with Crippen LogP contribution >= 0.6 is 0 Å². The number of rotatable bonds is 5. The first-order valence-corrected chi connectivity index (χ1v) is 12.1. The predicted molar refractivity (Wildman–Crippen MR) is 137 cm³/mol. The molecule has 0 aliphatic carbocycles. The molecule has 1 saturated heterocycles. The van der Waals surface area contributed by atoms with Crippen LogP contribution in [-0.4, -0.2) is 56.7 Å². The fourth-order valence-electron chi connectivity index (χ4n) is 5.29. The van der Waals surface area contributed by atoms with E-state index in [2.05, 4.69) is 63.5 Å². The van der Waals surface area contributed by atoms with E-state index in [-0.39, 0.29) is 23.9 Å². The zero-order chi connectivity index (χ0) is 24.5. The number of carbonyl (C=O) groups excluding carboxylic acids is 1. The zero-order valence-corrected chi connectivity index (χ0v) is 20.5. The highest BCUT2D eigenvalue weighted by molar-refractivity contribution is 5.84. The molecule has 2 aromatic heterocycles. The molecule has 1 N–H and O–H groups in total. The molecule has 1 aliphatic heterocycles. The van der Waals surface area contributed by atoms with Crippen LogP contribution in [0.15, 0.2) is 65.5 Å². The molecule has 1 amide bonds. The molecule has 7 nitrogen and oxygen atoms in total. The zero-order valence-electron chi connectivity index (χ0n) is 20.5. The highest BCUT2D eigenvalue weighted by atomic mass is 16.2. The lowest BCUT2D eigenvalue weighted by molar-refractivity contribution is -0.132. The molecule has 1 fully saturated rings. The topological polar surface area (TPSA) is 74.2 Å². The number of H-pyrrole nitrogens is 1. The van der Waals surface area contributed by atoms with Crippen molar-refractivity contribution < 1.29 is 4.79 Å². The van der Waals surface area contributed by atoms with Crippen LogP contribution in [0.3, 0.4) is 0 Å². The molecular formula is C28H31N5O2. The summed E-state index contributed by atoms with van der Waals surface area (Å²) < 4.78 is 1.64. The predicted octanol–water partition coefficient (Wildman–Crippen LogP) is 3.35. The summed E-state index contributed by atoms with van der Waals surface area (Å²) in [5, 5.41) is 3.34. The molecule has 0 spiro atoms. The quantitative estimate of drug-likeness (QED) is 0.487. The van der Waals surface area contributed by atoms with Crippen LogP contribution in [0.4, 0.5) is 0 Å². The van der Waals surface area contributed by atoms with Gasteiger partial charge >= 0.3 is 0 Å². The minimum atomic E-state index is -0.164. The van der Waals surface area contributed by atoms with Gasteiger partial charge in [-0.1, -0.05) is 60.7 Å². The normalized spacial score (nSPS) is 14.7. The molecule has 3 heterocycles. The van der Waals surface area contributed by atoms with Crippen molar-refractivity contribution in [1.82, 2.24) is 24.6 Å². The number of pyridine rings is 1. The van der Waals surface area contributed by atoms with Gasteiger partial charge in [0.25, 0.3) is 5.56 Å². The van der Waals surface area contributed by atoms with Crippen molar-refractivity contribution in [2.24, 2.45) is 7.05 Å². The second kappa shape index (κ2) is 9.50. The molecule has 0 saturated carbocycles. The second-order valence-corrected chi connectivity index (χ2v) is 9.32. The minimum absolute atomic E-state index is 0.0836. The first-order chi connectivity index (χ1) is 16.9. The average Bonchev–Trinajstić information content (AvgIpc) is 3.16.